The maximum atomic E-state index is 12.1. The van der Waals surface area contributed by atoms with Gasteiger partial charge in [0.25, 0.3) is 5.91 Å². The second-order valence-corrected chi connectivity index (χ2v) is 5.83. The number of rotatable bonds is 7. The Morgan fingerprint density at radius 2 is 1.69 bits per heavy atom. The van der Waals surface area contributed by atoms with Gasteiger partial charge in [-0.15, -0.1) is 0 Å². The van der Waals surface area contributed by atoms with Crippen LogP contribution in [-0.4, -0.2) is 17.0 Å². The highest BCUT2D eigenvalue weighted by Crippen LogP contribution is 2.11. The van der Waals surface area contributed by atoms with Gasteiger partial charge in [-0.1, -0.05) is 35.9 Å². The number of carboxylic acids is 1. The molecule has 2 aromatic carbocycles. The summed E-state index contributed by atoms with van der Waals surface area (Å²) < 4.78 is 0. The number of carboxylic acid groups (broad SMARTS) is 1. The van der Waals surface area contributed by atoms with E-state index in [1.807, 2.05) is 6.07 Å². The molecular weight excluding hydrogens is 354 g/mol. The largest absolute Gasteiger partial charge is 0.481 e. The molecule has 0 saturated carbocycles. The fourth-order valence-corrected chi connectivity index (χ4v) is 2.20. The van der Waals surface area contributed by atoms with E-state index in [0.29, 0.717) is 16.3 Å². The summed E-state index contributed by atoms with van der Waals surface area (Å²) in [6.07, 6.45) is 1.25. The first-order chi connectivity index (χ1) is 12.5. The summed E-state index contributed by atoms with van der Waals surface area (Å²) in [6.45, 7) is 0.277. The lowest BCUT2D eigenvalue weighted by molar-refractivity contribution is -0.136. The number of halogens is 1. The van der Waals surface area contributed by atoms with Crippen molar-refractivity contribution in [3.05, 3.63) is 76.5 Å². The number of carbonyl (C=O) groups excluding carboxylic acids is 1. The fraction of sp³-hybridized carbons (Fsp3) is 0.105. The number of anilines is 1. The zero-order valence-electron chi connectivity index (χ0n) is 13.7. The van der Waals surface area contributed by atoms with Crippen LogP contribution >= 0.6 is 11.6 Å². The molecule has 0 heterocycles. The maximum Gasteiger partial charge on any atom is 0.307 e. The third-order valence-electron chi connectivity index (χ3n) is 3.42. The lowest BCUT2D eigenvalue weighted by Crippen LogP contribution is -2.24. The smallest absolute Gasteiger partial charge is 0.307 e. The van der Waals surface area contributed by atoms with Crippen LogP contribution in [-0.2, 0) is 22.6 Å². The van der Waals surface area contributed by atoms with Crippen LogP contribution in [0.5, 0.6) is 0 Å². The van der Waals surface area contributed by atoms with Gasteiger partial charge < -0.3 is 15.7 Å². The molecule has 7 heteroatoms. The minimum Gasteiger partial charge on any atom is -0.481 e. The molecule has 0 bridgehead atoms. The Balaban J connectivity index is 1.94. The highest BCUT2D eigenvalue weighted by molar-refractivity contribution is 6.30. The van der Waals surface area contributed by atoms with E-state index >= 15 is 0 Å². The van der Waals surface area contributed by atoms with Crippen LogP contribution in [0.15, 0.2) is 60.3 Å². The van der Waals surface area contributed by atoms with E-state index in [0.717, 1.165) is 5.56 Å². The van der Waals surface area contributed by atoms with Gasteiger partial charge in [-0.05, 0) is 35.4 Å². The van der Waals surface area contributed by atoms with Crippen molar-refractivity contribution in [1.29, 1.82) is 5.26 Å². The van der Waals surface area contributed by atoms with Crippen LogP contribution < -0.4 is 10.6 Å². The molecule has 0 aromatic heterocycles. The molecule has 6 nitrogen and oxygen atoms in total. The maximum absolute atomic E-state index is 12.1. The Hall–Kier alpha value is -3.30. The standard InChI is InChI=1S/C19H16ClN3O3/c20-16-5-1-14(2-6-16)11-23-19(26)15(10-21)12-22-17-7-3-13(4-8-17)9-18(24)25/h1-8,12,22H,9,11H2,(H,23,26)(H,24,25)/b15-12-. The van der Waals surface area contributed by atoms with Gasteiger partial charge in [0.2, 0.25) is 0 Å². The molecule has 0 saturated heterocycles. The average molecular weight is 370 g/mol. The first-order valence-corrected chi connectivity index (χ1v) is 8.06. The number of carbonyl (C=O) groups is 2. The molecule has 0 fully saturated rings. The molecule has 2 rings (SSSR count). The zero-order valence-corrected chi connectivity index (χ0v) is 14.5. The van der Waals surface area contributed by atoms with E-state index in [1.165, 1.54) is 6.20 Å². The van der Waals surface area contributed by atoms with Crippen molar-refractivity contribution in [3.63, 3.8) is 0 Å². The van der Waals surface area contributed by atoms with Crippen LogP contribution in [0.3, 0.4) is 0 Å². The van der Waals surface area contributed by atoms with Crippen molar-refractivity contribution < 1.29 is 14.7 Å². The number of nitriles is 1. The summed E-state index contributed by atoms with van der Waals surface area (Å²) in [7, 11) is 0. The Labute approximate surface area is 155 Å². The van der Waals surface area contributed by atoms with Crippen LogP contribution in [0, 0.1) is 11.3 Å². The minimum atomic E-state index is -0.908. The molecule has 3 N–H and O–H groups in total. The molecule has 2 aromatic rings. The first-order valence-electron chi connectivity index (χ1n) is 7.68. The highest BCUT2D eigenvalue weighted by Gasteiger charge is 2.08. The number of hydrogen-bond acceptors (Lipinski definition) is 4. The van der Waals surface area contributed by atoms with Gasteiger partial charge in [0, 0.05) is 23.5 Å². The first kappa shape index (κ1) is 19.0. The van der Waals surface area contributed by atoms with E-state index in [2.05, 4.69) is 10.6 Å². The number of benzene rings is 2. The van der Waals surface area contributed by atoms with Crippen molar-refractivity contribution in [2.75, 3.05) is 5.32 Å². The molecule has 0 aliphatic carbocycles. The fourth-order valence-electron chi connectivity index (χ4n) is 2.08. The summed E-state index contributed by atoms with van der Waals surface area (Å²) in [5.74, 6) is -1.41. The highest BCUT2D eigenvalue weighted by atomic mass is 35.5. The molecule has 0 unspecified atom stereocenters. The molecule has 0 atom stereocenters. The predicted octanol–water partition coefficient (Wildman–Crippen LogP) is 3.10. The lowest BCUT2D eigenvalue weighted by Gasteiger charge is -2.06. The number of nitrogens with one attached hydrogen (secondary N) is 2. The average Bonchev–Trinajstić information content (AvgIpc) is 2.62. The molecule has 1 amide bonds. The van der Waals surface area contributed by atoms with Crippen molar-refractivity contribution in [3.8, 4) is 6.07 Å². The Bertz CT molecular complexity index is 853. The second kappa shape index (κ2) is 9.25. The second-order valence-electron chi connectivity index (χ2n) is 5.39. The van der Waals surface area contributed by atoms with Gasteiger partial charge in [0.1, 0.15) is 11.6 Å². The lowest BCUT2D eigenvalue weighted by atomic mass is 10.1. The predicted molar refractivity (Wildman–Crippen MR) is 98.4 cm³/mol. The molecule has 0 aliphatic rings. The summed E-state index contributed by atoms with van der Waals surface area (Å²) in [6, 6.07) is 15.5. The van der Waals surface area contributed by atoms with Crippen LogP contribution in [0.1, 0.15) is 11.1 Å². The van der Waals surface area contributed by atoms with Crippen LogP contribution in [0.2, 0.25) is 5.02 Å². The zero-order chi connectivity index (χ0) is 18.9. The number of amides is 1. The van der Waals surface area contributed by atoms with Gasteiger partial charge in [-0.3, -0.25) is 9.59 Å². The molecule has 0 radical (unpaired) electrons. The van der Waals surface area contributed by atoms with Gasteiger partial charge >= 0.3 is 5.97 Å². The SMILES string of the molecule is N#C/C(=C/Nc1ccc(CC(=O)O)cc1)C(=O)NCc1ccc(Cl)cc1. The van der Waals surface area contributed by atoms with Crippen molar-refractivity contribution in [2.45, 2.75) is 13.0 Å². The third kappa shape index (κ3) is 5.96. The van der Waals surface area contributed by atoms with Gasteiger partial charge in [0.05, 0.1) is 6.42 Å². The van der Waals surface area contributed by atoms with E-state index in [-0.39, 0.29) is 18.5 Å². The molecule has 26 heavy (non-hydrogen) atoms. The van der Waals surface area contributed by atoms with Crippen LogP contribution in [0.4, 0.5) is 5.69 Å². The summed E-state index contributed by atoms with van der Waals surface area (Å²) in [5.41, 5.74) is 2.08. The van der Waals surface area contributed by atoms with Gasteiger partial charge in [0.15, 0.2) is 0 Å². The minimum absolute atomic E-state index is 0.0628. The summed E-state index contributed by atoms with van der Waals surface area (Å²) in [5, 5.41) is 24.0. The molecular formula is C19H16ClN3O3. The number of aliphatic carboxylic acids is 1. The number of hydrogen-bond donors (Lipinski definition) is 3. The monoisotopic (exact) mass is 369 g/mol. The topological polar surface area (TPSA) is 102 Å². The van der Waals surface area contributed by atoms with Gasteiger partial charge in [-0.2, -0.15) is 5.26 Å². The quantitative estimate of drug-likeness (QED) is 0.514. The normalized spacial score (nSPS) is 10.7. The Morgan fingerprint density at radius 3 is 2.27 bits per heavy atom. The van der Waals surface area contributed by atoms with Crippen molar-refractivity contribution >= 4 is 29.2 Å². The summed E-state index contributed by atoms with van der Waals surface area (Å²) >= 11 is 5.80. The van der Waals surface area contributed by atoms with Crippen LogP contribution in [0.25, 0.3) is 0 Å². The van der Waals surface area contributed by atoms with Crippen molar-refractivity contribution in [2.24, 2.45) is 0 Å². The molecule has 0 spiro atoms. The van der Waals surface area contributed by atoms with Gasteiger partial charge in [-0.25, -0.2) is 0 Å². The summed E-state index contributed by atoms with van der Waals surface area (Å²) in [4.78, 5) is 22.7. The Morgan fingerprint density at radius 1 is 1.08 bits per heavy atom. The molecule has 0 aliphatic heterocycles. The van der Waals surface area contributed by atoms with E-state index < -0.39 is 11.9 Å². The Kier molecular flexibility index (Phi) is 6.77. The molecule has 132 valence electrons. The third-order valence-corrected chi connectivity index (χ3v) is 3.68. The van der Waals surface area contributed by atoms with E-state index in [4.69, 9.17) is 22.0 Å². The van der Waals surface area contributed by atoms with E-state index in [1.54, 1.807) is 48.5 Å². The van der Waals surface area contributed by atoms with E-state index in [9.17, 15) is 9.59 Å². The number of nitrogens with zero attached hydrogens (tertiary/aromatic N) is 1. The van der Waals surface area contributed by atoms with Crippen molar-refractivity contribution in [1.82, 2.24) is 5.32 Å².